The number of aromatic nitrogens is 2. The molecule has 0 saturated carbocycles. The zero-order valence-electron chi connectivity index (χ0n) is 19.4. The summed E-state index contributed by atoms with van der Waals surface area (Å²) in [5.74, 6) is 1.78. The van der Waals surface area contributed by atoms with Gasteiger partial charge in [0.2, 0.25) is 5.91 Å². The van der Waals surface area contributed by atoms with Crippen LogP contribution in [0.2, 0.25) is 0 Å². The van der Waals surface area contributed by atoms with Gasteiger partial charge in [-0.25, -0.2) is 15.0 Å². The lowest BCUT2D eigenvalue weighted by molar-refractivity contribution is -0.117. The molecule has 0 atom stereocenters. The number of nitrogens with zero attached hydrogens (tertiary/aromatic N) is 4. The maximum atomic E-state index is 11.5. The number of nitrogens with one attached hydrogen (secondary N) is 2. The first kappa shape index (κ1) is 23.7. The molecule has 0 aromatic carbocycles. The Morgan fingerprint density at radius 1 is 1.26 bits per heavy atom. The second-order valence-electron chi connectivity index (χ2n) is 8.22. The van der Waals surface area contributed by atoms with E-state index in [1.807, 2.05) is 36.5 Å². The summed E-state index contributed by atoms with van der Waals surface area (Å²) < 4.78 is 10.8. The molecule has 2 aromatic heterocycles. The highest BCUT2D eigenvalue weighted by molar-refractivity contribution is 6.15. The van der Waals surface area contributed by atoms with Crippen molar-refractivity contribution in [3.05, 3.63) is 54.0 Å². The zero-order chi connectivity index (χ0) is 23.6. The number of ether oxygens (including phenoxy) is 2. The van der Waals surface area contributed by atoms with Crippen LogP contribution in [0.3, 0.4) is 0 Å². The van der Waals surface area contributed by atoms with Gasteiger partial charge in [-0.05, 0) is 42.5 Å². The van der Waals surface area contributed by atoms with Gasteiger partial charge in [0, 0.05) is 64.0 Å². The Labute approximate surface area is 199 Å². The average Bonchev–Trinajstić information content (AvgIpc) is 2.88. The molecular formula is C25H30N6O3. The van der Waals surface area contributed by atoms with Crippen molar-refractivity contribution in [3.8, 4) is 0 Å². The molecule has 2 aliphatic heterocycles. The van der Waals surface area contributed by atoms with Crippen molar-refractivity contribution in [1.29, 1.82) is 0 Å². The predicted molar refractivity (Wildman–Crippen MR) is 132 cm³/mol. The van der Waals surface area contributed by atoms with Crippen LogP contribution in [-0.2, 0) is 20.8 Å². The number of methoxy groups -OCH3 is 1. The number of carbonyl (C=O) groups is 1. The van der Waals surface area contributed by atoms with Crippen molar-refractivity contribution in [2.45, 2.75) is 25.8 Å². The largest absolute Gasteiger partial charge is 0.381 e. The van der Waals surface area contributed by atoms with Gasteiger partial charge in [0.05, 0.1) is 5.69 Å². The van der Waals surface area contributed by atoms with E-state index in [9.17, 15) is 4.79 Å². The molecule has 1 saturated heterocycles. The number of hydrogen-bond donors (Lipinski definition) is 2. The van der Waals surface area contributed by atoms with Crippen molar-refractivity contribution in [2.75, 3.05) is 38.8 Å². The molecule has 178 valence electrons. The Kier molecular flexibility index (Phi) is 8.48. The van der Waals surface area contributed by atoms with Crippen LogP contribution in [0.5, 0.6) is 0 Å². The predicted octanol–water partition coefficient (Wildman–Crippen LogP) is 3.17. The van der Waals surface area contributed by atoms with Gasteiger partial charge in [0.25, 0.3) is 0 Å². The van der Waals surface area contributed by atoms with Gasteiger partial charge in [-0.15, -0.1) is 0 Å². The van der Waals surface area contributed by atoms with Crippen molar-refractivity contribution in [3.63, 3.8) is 0 Å². The van der Waals surface area contributed by atoms with Gasteiger partial charge >= 0.3 is 0 Å². The standard InChI is InChI=1S/C25H30N6O3/c1-33-17-23(27-14-18-8-11-34-12-9-18)30-22-6-5-21(20-4-7-24(32)28-16-20)31-25(22)29-15-19-3-2-10-26-13-19/h2-6,10,13,16,18H,7-9,11-12,14-15,17H2,1H3,(H,27,30)(H,29,31). The minimum Gasteiger partial charge on any atom is -0.381 e. The van der Waals surface area contributed by atoms with Crippen molar-refractivity contribution >= 4 is 35.0 Å². The van der Waals surface area contributed by atoms with Gasteiger partial charge in [-0.2, -0.15) is 0 Å². The molecule has 4 heterocycles. The zero-order valence-corrected chi connectivity index (χ0v) is 19.4. The highest BCUT2D eigenvalue weighted by Crippen LogP contribution is 2.27. The number of aliphatic imine (C=N–C) groups is 2. The summed E-state index contributed by atoms with van der Waals surface area (Å²) in [7, 11) is 1.66. The summed E-state index contributed by atoms with van der Waals surface area (Å²) in [5.41, 5.74) is 3.27. The lowest BCUT2D eigenvalue weighted by Gasteiger charge is -2.23. The minimum absolute atomic E-state index is 0.153. The van der Waals surface area contributed by atoms with E-state index in [2.05, 4.69) is 20.6 Å². The SMILES string of the molecule is COC/C(=N\c1ccc(C2=CCC(=O)N=C2)nc1NCc1cccnc1)NCC1CCOCC1. The van der Waals surface area contributed by atoms with E-state index in [-0.39, 0.29) is 12.3 Å². The summed E-state index contributed by atoms with van der Waals surface area (Å²) in [4.78, 5) is 29.2. The third-order valence-electron chi connectivity index (χ3n) is 5.67. The van der Waals surface area contributed by atoms with Crippen LogP contribution in [0.25, 0.3) is 5.57 Å². The van der Waals surface area contributed by atoms with Crippen LogP contribution >= 0.6 is 0 Å². The first-order chi connectivity index (χ1) is 16.7. The maximum Gasteiger partial charge on any atom is 0.249 e. The number of carbonyl (C=O) groups excluding carboxylic acids is 1. The Morgan fingerprint density at radius 2 is 2.15 bits per heavy atom. The normalized spacial score (nSPS) is 16.9. The topological polar surface area (TPSA) is 110 Å². The van der Waals surface area contributed by atoms with E-state index in [1.54, 1.807) is 19.5 Å². The molecule has 0 unspecified atom stereocenters. The third kappa shape index (κ3) is 6.79. The number of amides is 1. The molecule has 2 aliphatic rings. The molecule has 1 amide bonds. The first-order valence-corrected chi connectivity index (χ1v) is 11.5. The highest BCUT2D eigenvalue weighted by Gasteiger charge is 2.15. The smallest absolute Gasteiger partial charge is 0.249 e. The van der Waals surface area contributed by atoms with E-state index in [0.29, 0.717) is 30.6 Å². The molecule has 0 spiro atoms. The summed E-state index contributed by atoms with van der Waals surface area (Å²) >= 11 is 0. The van der Waals surface area contributed by atoms with E-state index < -0.39 is 0 Å². The van der Waals surface area contributed by atoms with Crippen LogP contribution in [0.4, 0.5) is 11.5 Å². The fourth-order valence-corrected chi connectivity index (χ4v) is 3.75. The quantitative estimate of drug-likeness (QED) is 0.435. The Morgan fingerprint density at radius 3 is 2.88 bits per heavy atom. The number of amidine groups is 1. The summed E-state index contributed by atoms with van der Waals surface area (Å²) in [5, 5.41) is 6.85. The van der Waals surface area contributed by atoms with E-state index >= 15 is 0 Å². The van der Waals surface area contributed by atoms with Gasteiger partial charge in [0.15, 0.2) is 5.82 Å². The number of pyridine rings is 2. The number of rotatable bonds is 9. The molecule has 9 nitrogen and oxygen atoms in total. The molecule has 34 heavy (non-hydrogen) atoms. The average molecular weight is 463 g/mol. The second-order valence-corrected chi connectivity index (χ2v) is 8.22. The molecule has 0 radical (unpaired) electrons. The van der Waals surface area contributed by atoms with Gasteiger partial charge in [-0.3, -0.25) is 9.78 Å². The van der Waals surface area contributed by atoms with E-state index in [0.717, 1.165) is 55.3 Å². The third-order valence-corrected chi connectivity index (χ3v) is 5.67. The molecule has 1 fully saturated rings. The molecule has 2 aromatic rings. The monoisotopic (exact) mass is 462 g/mol. The Hall–Kier alpha value is -3.43. The van der Waals surface area contributed by atoms with Crippen molar-refractivity contribution < 1.29 is 14.3 Å². The minimum atomic E-state index is -0.153. The fourth-order valence-electron chi connectivity index (χ4n) is 3.75. The molecular weight excluding hydrogens is 432 g/mol. The van der Waals surface area contributed by atoms with Crippen LogP contribution in [-0.4, -0.2) is 61.4 Å². The molecule has 4 rings (SSSR count). The van der Waals surface area contributed by atoms with Crippen LogP contribution in [0, 0.1) is 5.92 Å². The summed E-state index contributed by atoms with van der Waals surface area (Å²) in [6, 6.07) is 7.72. The highest BCUT2D eigenvalue weighted by atomic mass is 16.5. The van der Waals surface area contributed by atoms with Crippen LogP contribution < -0.4 is 10.6 Å². The van der Waals surface area contributed by atoms with Crippen LogP contribution in [0.15, 0.2) is 52.7 Å². The van der Waals surface area contributed by atoms with Crippen LogP contribution in [0.1, 0.15) is 30.5 Å². The lowest BCUT2D eigenvalue weighted by Crippen LogP contribution is -2.34. The summed E-state index contributed by atoms with van der Waals surface area (Å²) in [6.45, 7) is 3.36. The molecule has 0 aliphatic carbocycles. The van der Waals surface area contributed by atoms with E-state index in [4.69, 9.17) is 19.5 Å². The molecule has 2 N–H and O–H groups in total. The van der Waals surface area contributed by atoms with E-state index in [1.165, 1.54) is 0 Å². The van der Waals surface area contributed by atoms with Gasteiger partial charge in [-0.1, -0.05) is 12.1 Å². The van der Waals surface area contributed by atoms with Crippen molar-refractivity contribution in [2.24, 2.45) is 15.9 Å². The van der Waals surface area contributed by atoms with Gasteiger partial charge < -0.3 is 20.1 Å². The fraction of sp³-hybridized carbons (Fsp3) is 0.400. The number of hydrogen-bond acceptors (Lipinski definition) is 7. The maximum absolute atomic E-state index is 11.5. The first-order valence-electron chi connectivity index (χ1n) is 11.5. The second kappa shape index (κ2) is 12.2. The van der Waals surface area contributed by atoms with Crippen molar-refractivity contribution in [1.82, 2.24) is 15.3 Å². The number of dihydropyridines is 1. The summed E-state index contributed by atoms with van der Waals surface area (Å²) in [6.07, 6.45) is 9.33. The number of allylic oxidation sites excluding steroid dienone is 1. The molecule has 9 heteroatoms. The lowest BCUT2D eigenvalue weighted by atomic mass is 10.0. The molecule has 0 bridgehead atoms. The number of anilines is 1. The Balaban J connectivity index is 1.57. The van der Waals surface area contributed by atoms with Gasteiger partial charge in [0.1, 0.15) is 18.1 Å². The Bertz CT molecular complexity index is 1060.